The first kappa shape index (κ1) is 17.4. The molecule has 2 aromatic rings. The van der Waals surface area contributed by atoms with E-state index in [-0.39, 0.29) is 24.4 Å². The number of hydrogen-bond acceptors (Lipinski definition) is 5. The molecule has 1 aliphatic carbocycles. The van der Waals surface area contributed by atoms with Crippen LogP contribution in [0.5, 0.6) is 0 Å². The van der Waals surface area contributed by atoms with Gasteiger partial charge in [0.25, 0.3) is 5.91 Å². The van der Waals surface area contributed by atoms with Crippen LogP contribution in [0.1, 0.15) is 32.8 Å². The summed E-state index contributed by atoms with van der Waals surface area (Å²) in [7, 11) is 0. The fourth-order valence-electron chi connectivity index (χ4n) is 2.66. The van der Waals surface area contributed by atoms with Gasteiger partial charge in [0.2, 0.25) is 0 Å². The molecular formula is C17H15ClN2O4S. The molecule has 0 atom stereocenters. The Kier molecular flexibility index (Phi) is 5.06. The molecule has 6 nitrogen and oxygen atoms in total. The molecule has 3 rings (SSSR count). The number of halogens is 1. The summed E-state index contributed by atoms with van der Waals surface area (Å²) in [4.78, 5) is 36.2. The van der Waals surface area contributed by atoms with Gasteiger partial charge in [0.05, 0.1) is 5.56 Å². The van der Waals surface area contributed by atoms with Crippen molar-refractivity contribution in [2.24, 2.45) is 5.73 Å². The van der Waals surface area contributed by atoms with Crippen molar-refractivity contribution in [1.29, 1.82) is 0 Å². The molecule has 1 aliphatic rings. The monoisotopic (exact) mass is 378 g/mol. The molecule has 0 fully saturated rings. The zero-order valence-corrected chi connectivity index (χ0v) is 14.7. The Morgan fingerprint density at radius 1 is 1.24 bits per heavy atom. The van der Waals surface area contributed by atoms with E-state index in [1.165, 1.54) is 11.3 Å². The van der Waals surface area contributed by atoms with Gasteiger partial charge in [0.1, 0.15) is 17.4 Å². The summed E-state index contributed by atoms with van der Waals surface area (Å²) in [6, 6.07) is 6.90. The van der Waals surface area contributed by atoms with Gasteiger partial charge >= 0.3 is 6.09 Å². The number of carbonyl (C=O) groups is 3. The van der Waals surface area contributed by atoms with Crippen LogP contribution in [0.2, 0.25) is 5.02 Å². The molecule has 0 saturated heterocycles. The van der Waals surface area contributed by atoms with E-state index in [1.54, 1.807) is 24.3 Å². The molecule has 0 aliphatic heterocycles. The molecule has 0 radical (unpaired) electrons. The van der Waals surface area contributed by atoms with Gasteiger partial charge in [0, 0.05) is 22.7 Å². The number of anilines is 1. The second kappa shape index (κ2) is 7.25. The highest BCUT2D eigenvalue weighted by Gasteiger charge is 2.27. The quantitative estimate of drug-likeness (QED) is 0.852. The van der Waals surface area contributed by atoms with Gasteiger partial charge in [-0.15, -0.1) is 11.3 Å². The van der Waals surface area contributed by atoms with Crippen LogP contribution < -0.4 is 11.1 Å². The summed E-state index contributed by atoms with van der Waals surface area (Å²) in [5.41, 5.74) is 7.26. The number of ether oxygens (including phenoxy) is 1. The zero-order chi connectivity index (χ0) is 18.0. The fraction of sp³-hybridized carbons (Fsp3) is 0.235. The minimum Gasteiger partial charge on any atom is -0.444 e. The van der Waals surface area contributed by atoms with E-state index in [1.807, 2.05) is 0 Å². The third-order valence-electron chi connectivity index (χ3n) is 3.85. The van der Waals surface area contributed by atoms with Crippen molar-refractivity contribution in [3.8, 4) is 0 Å². The second-order valence-corrected chi connectivity index (χ2v) is 7.16. The van der Waals surface area contributed by atoms with Crippen LogP contribution in [0.3, 0.4) is 0 Å². The largest absolute Gasteiger partial charge is 0.444 e. The van der Waals surface area contributed by atoms with Crippen LogP contribution in [-0.4, -0.2) is 17.8 Å². The van der Waals surface area contributed by atoms with Gasteiger partial charge in [-0.3, -0.25) is 14.9 Å². The average Bonchev–Trinajstić information content (AvgIpc) is 2.91. The Balaban J connectivity index is 1.71. The minimum absolute atomic E-state index is 0.0679. The average molecular weight is 379 g/mol. The van der Waals surface area contributed by atoms with Gasteiger partial charge < -0.3 is 10.5 Å². The number of Topliss-reactive ketones (excluding diaryl/α,β-unsaturated/α-hetero) is 1. The minimum atomic E-state index is -0.692. The highest BCUT2D eigenvalue weighted by Crippen LogP contribution is 2.37. The Hall–Kier alpha value is -2.38. The number of rotatable bonds is 4. The summed E-state index contributed by atoms with van der Waals surface area (Å²) in [6.45, 7) is 0.0679. The third-order valence-corrected chi connectivity index (χ3v) is 5.25. The van der Waals surface area contributed by atoms with Crippen LogP contribution in [0.25, 0.3) is 0 Å². The van der Waals surface area contributed by atoms with Gasteiger partial charge in [-0.1, -0.05) is 23.7 Å². The predicted octanol–water partition coefficient (Wildman–Crippen LogP) is 3.31. The SMILES string of the molecule is NC(=O)c1c(NC(=O)OCc2ccc(Cl)cc2)sc2c1CCC(=O)C2. The standard InChI is InChI=1S/C17H15ClN2O4S/c18-10-3-1-9(2-4-10)8-24-17(23)20-16-14(15(19)22)12-6-5-11(21)7-13(12)25-16/h1-4H,5-8H2,(H2,19,22)(H,20,23). The summed E-state index contributed by atoms with van der Waals surface area (Å²) in [6.07, 6.45) is 0.416. The Morgan fingerprint density at radius 2 is 1.96 bits per heavy atom. The summed E-state index contributed by atoms with van der Waals surface area (Å²) >= 11 is 7.00. The van der Waals surface area contributed by atoms with Gasteiger partial charge in [-0.2, -0.15) is 0 Å². The van der Waals surface area contributed by atoms with Crippen molar-refractivity contribution in [3.63, 3.8) is 0 Å². The van der Waals surface area contributed by atoms with E-state index in [2.05, 4.69) is 5.32 Å². The van der Waals surface area contributed by atoms with E-state index in [0.717, 1.165) is 16.0 Å². The highest BCUT2D eigenvalue weighted by atomic mass is 35.5. The second-order valence-electron chi connectivity index (χ2n) is 5.62. The number of fused-ring (bicyclic) bond motifs is 1. The molecule has 0 spiro atoms. The lowest BCUT2D eigenvalue weighted by atomic mass is 9.94. The Labute approximate surface area is 152 Å². The maximum absolute atomic E-state index is 12.0. The molecular weight excluding hydrogens is 364 g/mol. The molecule has 130 valence electrons. The molecule has 8 heteroatoms. The van der Waals surface area contributed by atoms with Crippen LogP contribution >= 0.6 is 22.9 Å². The molecule has 25 heavy (non-hydrogen) atoms. The van der Waals surface area contributed by atoms with Crippen molar-refractivity contribution in [2.75, 3.05) is 5.32 Å². The highest BCUT2D eigenvalue weighted by molar-refractivity contribution is 7.17. The Bertz CT molecular complexity index is 845. The maximum Gasteiger partial charge on any atom is 0.412 e. The lowest BCUT2D eigenvalue weighted by Crippen LogP contribution is -2.20. The van der Waals surface area contributed by atoms with E-state index in [0.29, 0.717) is 22.9 Å². The van der Waals surface area contributed by atoms with Crippen LogP contribution in [-0.2, 0) is 29.0 Å². The first-order valence-corrected chi connectivity index (χ1v) is 8.77. The van der Waals surface area contributed by atoms with E-state index < -0.39 is 12.0 Å². The lowest BCUT2D eigenvalue weighted by molar-refractivity contribution is -0.118. The van der Waals surface area contributed by atoms with Gasteiger partial charge in [-0.05, 0) is 29.7 Å². The number of hydrogen-bond donors (Lipinski definition) is 2. The predicted molar refractivity (Wildman–Crippen MR) is 95.1 cm³/mol. The number of nitrogens with two attached hydrogens (primary N) is 1. The van der Waals surface area contributed by atoms with Crippen molar-refractivity contribution in [1.82, 2.24) is 0 Å². The Morgan fingerprint density at radius 3 is 2.64 bits per heavy atom. The van der Waals surface area contributed by atoms with E-state index in [9.17, 15) is 14.4 Å². The summed E-state index contributed by atoms with van der Waals surface area (Å²) < 4.78 is 5.15. The third kappa shape index (κ3) is 4.00. The molecule has 0 saturated carbocycles. The first-order valence-electron chi connectivity index (χ1n) is 7.58. The lowest BCUT2D eigenvalue weighted by Gasteiger charge is -2.10. The number of thiophene rings is 1. The van der Waals surface area contributed by atoms with E-state index in [4.69, 9.17) is 22.1 Å². The van der Waals surface area contributed by atoms with Gasteiger partial charge in [-0.25, -0.2) is 4.79 Å². The van der Waals surface area contributed by atoms with Crippen molar-refractivity contribution in [3.05, 3.63) is 50.9 Å². The normalized spacial score (nSPS) is 13.2. The summed E-state index contributed by atoms with van der Waals surface area (Å²) in [5.74, 6) is -0.513. The number of benzene rings is 1. The number of amides is 2. The van der Waals surface area contributed by atoms with Crippen molar-refractivity contribution in [2.45, 2.75) is 25.9 Å². The number of ketones is 1. The molecule has 1 aromatic heterocycles. The topological polar surface area (TPSA) is 98.5 Å². The zero-order valence-electron chi connectivity index (χ0n) is 13.1. The molecule has 0 unspecified atom stereocenters. The number of primary amides is 1. The number of nitrogens with one attached hydrogen (secondary N) is 1. The van der Waals surface area contributed by atoms with Crippen molar-refractivity contribution < 1.29 is 19.1 Å². The van der Waals surface area contributed by atoms with Gasteiger partial charge in [0.15, 0.2) is 0 Å². The van der Waals surface area contributed by atoms with Crippen LogP contribution in [0.4, 0.5) is 9.80 Å². The molecule has 2 amide bonds. The van der Waals surface area contributed by atoms with Crippen molar-refractivity contribution >= 4 is 45.7 Å². The molecule has 1 aromatic carbocycles. The number of carbonyl (C=O) groups excluding carboxylic acids is 3. The molecule has 3 N–H and O–H groups in total. The van der Waals surface area contributed by atoms with E-state index >= 15 is 0 Å². The van der Waals surface area contributed by atoms with Crippen LogP contribution in [0, 0.1) is 0 Å². The molecule has 1 heterocycles. The maximum atomic E-state index is 12.0. The van der Waals surface area contributed by atoms with Crippen LogP contribution in [0.15, 0.2) is 24.3 Å². The molecule has 0 bridgehead atoms. The first-order chi connectivity index (χ1) is 11.9. The summed E-state index contributed by atoms with van der Waals surface area (Å²) in [5, 5.41) is 3.49. The fourth-order valence-corrected chi connectivity index (χ4v) is 4.05. The smallest absolute Gasteiger partial charge is 0.412 e.